The Labute approximate surface area is 362 Å². The molecule has 320 valence electrons. The lowest BCUT2D eigenvalue weighted by Gasteiger charge is -2.35. The number of hydrogen-bond donors (Lipinski definition) is 2. The summed E-state index contributed by atoms with van der Waals surface area (Å²) in [4.78, 5) is 45.8. The van der Waals surface area contributed by atoms with Crippen LogP contribution in [0.25, 0.3) is 22.1 Å². The number of carbonyl (C=O) groups excluding carboxylic acids is 2. The Bertz CT molecular complexity index is 3270. The number of rotatable bonds is 8. The second kappa shape index (κ2) is 17.6. The van der Waals surface area contributed by atoms with Crippen molar-refractivity contribution < 1.29 is 45.4 Å². The van der Waals surface area contributed by atoms with E-state index in [0.717, 1.165) is 66.7 Å². The Balaban J connectivity index is 1.26. The smallest absolute Gasteiger partial charge is 0.416 e. The van der Waals surface area contributed by atoms with Crippen molar-refractivity contribution in [2.45, 2.75) is 6.18 Å². The molecule has 0 bridgehead atoms. The van der Waals surface area contributed by atoms with E-state index in [9.17, 15) is 37.7 Å². The van der Waals surface area contributed by atoms with Gasteiger partial charge in [0.1, 0.15) is 29.5 Å². The Morgan fingerprint density at radius 1 is 0.569 bits per heavy atom. The third-order valence-corrected chi connectivity index (χ3v) is 9.13. The highest BCUT2D eigenvalue weighted by Gasteiger charge is 2.34. The number of hydrogen-bond acceptors (Lipinski definition) is 10. The number of halogens is 6. The molecule has 2 heterocycles. The second-order valence-corrected chi connectivity index (χ2v) is 13.5. The van der Waals surface area contributed by atoms with Crippen LogP contribution in [0, 0.1) is 40.1 Å². The summed E-state index contributed by atoms with van der Waals surface area (Å²) in [6, 6.07) is 23.7. The molecule has 0 saturated carbocycles. The van der Waals surface area contributed by atoms with Crippen LogP contribution in [-0.4, -0.2) is 32.0 Å². The molecule has 4 amide bonds. The number of urea groups is 2. The monoisotopic (exact) mass is 882 g/mol. The molecule has 2 aromatic heterocycles. The van der Waals surface area contributed by atoms with Gasteiger partial charge in [-0.3, -0.25) is 9.97 Å². The zero-order valence-corrected chi connectivity index (χ0v) is 32.7. The average molecular weight is 883 g/mol. The van der Waals surface area contributed by atoms with Gasteiger partial charge in [0, 0.05) is 35.6 Å². The van der Waals surface area contributed by atoms with E-state index in [1.54, 1.807) is 0 Å². The van der Waals surface area contributed by atoms with Gasteiger partial charge in [0.05, 0.1) is 51.4 Å². The predicted molar refractivity (Wildman–Crippen MR) is 222 cm³/mol. The third-order valence-electron chi connectivity index (χ3n) is 9.13. The molecule has 2 N–H and O–H groups in total. The molecule has 0 spiro atoms. The van der Waals surface area contributed by atoms with Crippen LogP contribution in [0.3, 0.4) is 0 Å². The van der Waals surface area contributed by atoms with Crippen LogP contribution >= 0.6 is 0 Å². The van der Waals surface area contributed by atoms with E-state index in [1.807, 2.05) is 12.1 Å². The van der Waals surface area contributed by atoms with Gasteiger partial charge in [0.2, 0.25) is 0 Å². The lowest BCUT2D eigenvalue weighted by atomic mass is 10.2. The summed E-state index contributed by atoms with van der Waals surface area (Å²) in [6.07, 6.45) is -2.32. The third kappa shape index (κ3) is 9.46. The summed E-state index contributed by atoms with van der Waals surface area (Å²) in [6.45, 7) is 0. The van der Waals surface area contributed by atoms with E-state index >= 15 is 8.78 Å². The number of anilines is 4. The maximum absolute atomic E-state index is 15.7. The minimum absolute atomic E-state index is 0.00306. The molecule has 0 saturated heterocycles. The normalized spacial score (nSPS) is 11.0. The minimum Gasteiger partial charge on any atom is -0.454 e. The van der Waals surface area contributed by atoms with Crippen molar-refractivity contribution in [3.63, 3.8) is 0 Å². The Morgan fingerprint density at radius 2 is 1.05 bits per heavy atom. The van der Waals surface area contributed by atoms with Crippen molar-refractivity contribution in [2.24, 2.45) is 0 Å². The van der Waals surface area contributed by atoms with Gasteiger partial charge in [0.25, 0.3) is 0 Å². The number of aromatic nitrogens is 4. The van der Waals surface area contributed by atoms with Gasteiger partial charge in [-0.05, 0) is 84.9 Å². The lowest BCUT2D eigenvalue weighted by molar-refractivity contribution is -0.137. The summed E-state index contributed by atoms with van der Waals surface area (Å²) in [5.41, 5.74) is -1.22. The van der Waals surface area contributed by atoms with Crippen molar-refractivity contribution in [2.75, 3.05) is 20.7 Å². The Morgan fingerprint density at radius 3 is 1.51 bits per heavy atom. The number of fused-ring (bicyclic) bond motifs is 2. The molecule has 6 aromatic carbocycles. The molecule has 0 aliphatic carbocycles. The van der Waals surface area contributed by atoms with Crippen molar-refractivity contribution in [3.8, 4) is 35.1 Å². The van der Waals surface area contributed by atoms with Gasteiger partial charge in [-0.2, -0.15) is 33.7 Å². The molecular formula is C45H24F6N10O4. The second-order valence-electron chi connectivity index (χ2n) is 13.5. The van der Waals surface area contributed by atoms with E-state index in [0.29, 0.717) is 27.1 Å². The SMILES string of the molecule is N#Cc1cnc2ccc(Oc3cc(N(C(=O)Nc4cccc(F)c4)N(C(=O)Nc4cccc(C(F)(F)F)c4)c4ccc(F)c(Oc5ccc6ncc(C#N)nc6c5)c4)ccc3F)cc2n1. The minimum atomic E-state index is -4.83. The molecule has 0 radical (unpaired) electrons. The van der Waals surface area contributed by atoms with Gasteiger partial charge >= 0.3 is 18.2 Å². The van der Waals surface area contributed by atoms with E-state index in [4.69, 9.17) is 9.47 Å². The number of benzene rings is 6. The van der Waals surface area contributed by atoms with E-state index < -0.39 is 58.4 Å². The van der Waals surface area contributed by atoms with Crippen LogP contribution in [-0.2, 0) is 6.18 Å². The number of amides is 4. The quantitative estimate of drug-likeness (QED) is 0.110. The fraction of sp³-hybridized carbons (Fsp3) is 0.0222. The lowest BCUT2D eigenvalue weighted by Crippen LogP contribution is -2.54. The largest absolute Gasteiger partial charge is 0.454 e. The average Bonchev–Trinajstić information content (AvgIpc) is 3.29. The van der Waals surface area contributed by atoms with Crippen LogP contribution in [0.5, 0.6) is 23.0 Å². The van der Waals surface area contributed by atoms with Gasteiger partial charge in [-0.1, -0.05) is 12.1 Å². The van der Waals surface area contributed by atoms with Crippen molar-refractivity contribution in [3.05, 3.63) is 168 Å². The zero-order valence-electron chi connectivity index (χ0n) is 32.7. The molecule has 0 fully saturated rings. The predicted octanol–water partition coefficient (Wildman–Crippen LogP) is 11.0. The highest BCUT2D eigenvalue weighted by atomic mass is 19.4. The maximum atomic E-state index is 15.7. The van der Waals surface area contributed by atoms with Gasteiger partial charge in [0.15, 0.2) is 34.5 Å². The highest BCUT2D eigenvalue weighted by Crippen LogP contribution is 2.37. The molecular weight excluding hydrogens is 859 g/mol. The molecule has 14 nitrogen and oxygen atoms in total. The van der Waals surface area contributed by atoms with E-state index in [-0.39, 0.29) is 51.0 Å². The molecule has 0 aliphatic rings. The zero-order chi connectivity index (χ0) is 45.8. The van der Waals surface area contributed by atoms with Crippen LogP contribution in [0.1, 0.15) is 17.0 Å². The summed E-state index contributed by atoms with van der Waals surface area (Å²) >= 11 is 0. The van der Waals surface area contributed by atoms with Crippen LogP contribution < -0.4 is 30.1 Å². The number of hydrazine groups is 1. The summed E-state index contributed by atoms with van der Waals surface area (Å²) in [5, 5.41) is 24.6. The summed E-state index contributed by atoms with van der Waals surface area (Å²) < 4.78 is 98.9. The Hall–Kier alpha value is -9.30. The molecule has 0 unspecified atom stereocenters. The van der Waals surface area contributed by atoms with Gasteiger partial charge in [-0.15, -0.1) is 0 Å². The van der Waals surface area contributed by atoms with Crippen LogP contribution in [0.15, 0.2) is 134 Å². The molecule has 65 heavy (non-hydrogen) atoms. The van der Waals surface area contributed by atoms with Crippen molar-refractivity contribution >= 4 is 56.9 Å². The van der Waals surface area contributed by atoms with Crippen LogP contribution in [0.2, 0.25) is 0 Å². The first-order valence-corrected chi connectivity index (χ1v) is 18.7. The standard InChI is InChI=1S/C45H24F6N10O4/c46-26-4-2-6-28(16-26)59-44(63)61(32-8-12-36(48)42(18-32)65-34-10-14-38-40(20-34)57-30(22-53)24-55-38)60(43(62)58-27-5-1-3-25(15-27)45(49,50)51)31-7-11-35(47)41(17-31)64-33-9-13-37-39(19-33)56-29(21-52)23-54-37/h1-20,23-24H,(H,58,62)(H,59,63). The first-order valence-electron chi connectivity index (χ1n) is 18.7. The number of nitrogens with one attached hydrogen (secondary N) is 2. The number of ether oxygens (including phenoxy) is 2. The summed E-state index contributed by atoms with van der Waals surface area (Å²) in [5.74, 6) is -3.82. The number of alkyl halides is 3. The number of carbonyl (C=O) groups is 2. The van der Waals surface area contributed by atoms with Gasteiger partial charge in [-0.25, -0.2) is 32.7 Å². The molecule has 8 aromatic rings. The molecule has 20 heteroatoms. The number of nitrogens with zero attached hydrogens (tertiary/aromatic N) is 8. The summed E-state index contributed by atoms with van der Waals surface area (Å²) in [7, 11) is 0. The maximum Gasteiger partial charge on any atom is 0.416 e. The van der Waals surface area contributed by atoms with Gasteiger partial charge < -0.3 is 20.1 Å². The fourth-order valence-electron chi connectivity index (χ4n) is 6.21. The van der Waals surface area contributed by atoms with E-state index in [1.165, 1.54) is 60.9 Å². The molecule has 0 atom stereocenters. The fourth-order valence-corrected chi connectivity index (χ4v) is 6.21. The first kappa shape index (κ1) is 42.4. The van der Waals surface area contributed by atoms with Crippen LogP contribution in [0.4, 0.5) is 58.7 Å². The number of nitriles is 2. The van der Waals surface area contributed by atoms with Crippen molar-refractivity contribution in [1.29, 1.82) is 10.5 Å². The van der Waals surface area contributed by atoms with E-state index in [2.05, 4.69) is 30.6 Å². The Kier molecular flexibility index (Phi) is 11.5. The molecule has 8 rings (SSSR count). The highest BCUT2D eigenvalue weighted by molar-refractivity contribution is 6.13. The topological polar surface area (TPSA) is 182 Å². The molecule has 0 aliphatic heterocycles. The first-order chi connectivity index (χ1) is 31.2. The van der Waals surface area contributed by atoms with Crippen molar-refractivity contribution in [1.82, 2.24) is 19.9 Å².